The van der Waals surface area contributed by atoms with E-state index in [9.17, 15) is 5.11 Å². The number of fused-ring (bicyclic) bond motifs is 1. The standard InChI is InChI=1S/C14H17ClN2O/c1-10(18)8-17(2)9-12-7-11-5-3-4-6-13(11)16-14(12)15/h3-7,10,18H,8-9H2,1-2H3. The monoisotopic (exact) mass is 264 g/mol. The van der Waals surface area contributed by atoms with Crippen molar-refractivity contribution in [3.63, 3.8) is 0 Å². The predicted molar refractivity (Wildman–Crippen MR) is 74.8 cm³/mol. The van der Waals surface area contributed by atoms with Crippen LogP contribution in [0, 0.1) is 0 Å². The molecule has 4 heteroatoms. The molecule has 96 valence electrons. The number of aliphatic hydroxyl groups is 1. The topological polar surface area (TPSA) is 36.4 Å². The van der Waals surface area contributed by atoms with E-state index in [0.717, 1.165) is 16.5 Å². The fraction of sp³-hybridized carbons (Fsp3) is 0.357. The highest BCUT2D eigenvalue weighted by Gasteiger charge is 2.09. The molecule has 2 aromatic rings. The average molecular weight is 265 g/mol. The van der Waals surface area contributed by atoms with Gasteiger partial charge in [0.15, 0.2) is 0 Å². The fourth-order valence-corrected chi connectivity index (χ4v) is 2.26. The summed E-state index contributed by atoms with van der Waals surface area (Å²) in [5.74, 6) is 0. The number of hydrogen-bond donors (Lipinski definition) is 1. The number of aromatic nitrogens is 1. The lowest BCUT2D eigenvalue weighted by molar-refractivity contribution is 0.138. The number of para-hydroxylation sites is 1. The summed E-state index contributed by atoms with van der Waals surface area (Å²) >= 11 is 6.18. The molecule has 0 aliphatic heterocycles. The number of halogens is 1. The highest BCUT2D eigenvalue weighted by Crippen LogP contribution is 2.21. The normalized spacial score (nSPS) is 13.2. The zero-order chi connectivity index (χ0) is 13.1. The molecule has 18 heavy (non-hydrogen) atoms. The largest absolute Gasteiger partial charge is 0.392 e. The molecule has 0 aliphatic carbocycles. The predicted octanol–water partition coefficient (Wildman–Crippen LogP) is 2.70. The SMILES string of the molecule is CC(O)CN(C)Cc1cc2ccccc2nc1Cl. The molecular weight excluding hydrogens is 248 g/mol. The van der Waals surface area contributed by atoms with Crippen LogP contribution in [0.4, 0.5) is 0 Å². The highest BCUT2D eigenvalue weighted by atomic mass is 35.5. The zero-order valence-corrected chi connectivity index (χ0v) is 11.4. The van der Waals surface area contributed by atoms with Crippen molar-refractivity contribution in [1.29, 1.82) is 0 Å². The van der Waals surface area contributed by atoms with Gasteiger partial charge in [0.2, 0.25) is 0 Å². The van der Waals surface area contributed by atoms with E-state index in [2.05, 4.69) is 11.1 Å². The van der Waals surface area contributed by atoms with Crippen molar-refractivity contribution in [3.05, 3.63) is 41.0 Å². The molecule has 0 bridgehead atoms. The third-order valence-electron chi connectivity index (χ3n) is 2.77. The Morgan fingerprint density at radius 3 is 2.83 bits per heavy atom. The quantitative estimate of drug-likeness (QED) is 0.863. The first-order chi connectivity index (χ1) is 8.56. The van der Waals surface area contributed by atoms with Gasteiger partial charge in [0.1, 0.15) is 5.15 Å². The van der Waals surface area contributed by atoms with E-state index in [-0.39, 0.29) is 6.10 Å². The van der Waals surface area contributed by atoms with Crippen molar-refractivity contribution in [1.82, 2.24) is 9.88 Å². The second-order valence-corrected chi connectivity index (χ2v) is 5.03. The fourth-order valence-electron chi connectivity index (χ4n) is 2.05. The first-order valence-corrected chi connectivity index (χ1v) is 6.35. The van der Waals surface area contributed by atoms with Gasteiger partial charge in [-0.1, -0.05) is 29.8 Å². The van der Waals surface area contributed by atoms with Gasteiger partial charge in [0.05, 0.1) is 11.6 Å². The molecule has 1 aromatic carbocycles. The minimum atomic E-state index is -0.345. The molecular formula is C14H17ClN2O. The Kier molecular flexibility index (Phi) is 4.17. The number of rotatable bonds is 4. The first kappa shape index (κ1) is 13.3. The molecule has 0 saturated heterocycles. The van der Waals surface area contributed by atoms with Crippen LogP contribution >= 0.6 is 11.6 Å². The lowest BCUT2D eigenvalue weighted by atomic mass is 10.1. The van der Waals surface area contributed by atoms with Crippen LogP contribution in [0.1, 0.15) is 12.5 Å². The Bertz CT molecular complexity index is 542. The summed E-state index contributed by atoms with van der Waals surface area (Å²) in [6.07, 6.45) is -0.345. The van der Waals surface area contributed by atoms with Gasteiger partial charge in [0, 0.05) is 24.0 Å². The molecule has 0 saturated carbocycles. The summed E-state index contributed by atoms with van der Waals surface area (Å²) in [7, 11) is 1.96. The van der Waals surface area contributed by atoms with Crippen molar-refractivity contribution in [2.45, 2.75) is 19.6 Å². The van der Waals surface area contributed by atoms with E-state index < -0.39 is 0 Å². The van der Waals surface area contributed by atoms with Gasteiger partial charge in [-0.3, -0.25) is 4.90 Å². The van der Waals surface area contributed by atoms with Crippen molar-refractivity contribution < 1.29 is 5.11 Å². The van der Waals surface area contributed by atoms with Crippen molar-refractivity contribution in [2.24, 2.45) is 0 Å². The molecule has 1 unspecified atom stereocenters. The molecule has 1 aromatic heterocycles. The summed E-state index contributed by atoms with van der Waals surface area (Å²) in [4.78, 5) is 6.41. The van der Waals surface area contributed by atoms with Crippen molar-refractivity contribution >= 4 is 22.5 Å². The molecule has 3 nitrogen and oxygen atoms in total. The molecule has 1 heterocycles. The number of pyridine rings is 1. The third kappa shape index (κ3) is 3.19. The molecule has 1 N–H and O–H groups in total. The van der Waals surface area contributed by atoms with Crippen LogP contribution in [0.3, 0.4) is 0 Å². The number of aliphatic hydroxyl groups excluding tert-OH is 1. The molecule has 0 amide bonds. The minimum absolute atomic E-state index is 0.345. The van der Waals surface area contributed by atoms with Crippen LogP contribution in [0.25, 0.3) is 10.9 Å². The molecule has 0 fully saturated rings. The molecule has 1 atom stereocenters. The second kappa shape index (κ2) is 5.65. The third-order valence-corrected chi connectivity index (χ3v) is 3.09. The van der Waals surface area contributed by atoms with Gasteiger partial charge in [-0.2, -0.15) is 0 Å². The average Bonchev–Trinajstić information content (AvgIpc) is 2.29. The summed E-state index contributed by atoms with van der Waals surface area (Å²) in [6.45, 7) is 3.07. The Balaban J connectivity index is 2.25. The maximum atomic E-state index is 9.35. The van der Waals surface area contributed by atoms with Gasteiger partial charge < -0.3 is 5.11 Å². The highest BCUT2D eigenvalue weighted by molar-refractivity contribution is 6.30. The van der Waals surface area contributed by atoms with Gasteiger partial charge in [-0.15, -0.1) is 0 Å². The molecule has 0 spiro atoms. The van der Waals surface area contributed by atoms with Crippen LogP contribution in [0.5, 0.6) is 0 Å². The molecule has 0 radical (unpaired) electrons. The van der Waals surface area contributed by atoms with E-state index in [1.807, 2.05) is 36.2 Å². The van der Waals surface area contributed by atoms with Crippen LogP contribution in [-0.4, -0.2) is 34.7 Å². The van der Waals surface area contributed by atoms with Crippen molar-refractivity contribution in [3.8, 4) is 0 Å². The Hall–Kier alpha value is -1.16. The number of benzene rings is 1. The molecule has 2 rings (SSSR count). The van der Waals surface area contributed by atoms with E-state index >= 15 is 0 Å². The van der Waals surface area contributed by atoms with Crippen molar-refractivity contribution in [2.75, 3.05) is 13.6 Å². The second-order valence-electron chi connectivity index (χ2n) is 4.68. The van der Waals surface area contributed by atoms with E-state index in [1.54, 1.807) is 6.92 Å². The summed E-state index contributed by atoms with van der Waals surface area (Å²) in [5, 5.41) is 11.0. The lowest BCUT2D eigenvalue weighted by Gasteiger charge is -2.19. The summed E-state index contributed by atoms with van der Waals surface area (Å²) < 4.78 is 0. The minimum Gasteiger partial charge on any atom is -0.392 e. The lowest BCUT2D eigenvalue weighted by Crippen LogP contribution is -2.26. The smallest absolute Gasteiger partial charge is 0.134 e. The summed E-state index contributed by atoms with van der Waals surface area (Å²) in [5.41, 5.74) is 1.89. The maximum absolute atomic E-state index is 9.35. The van der Waals surface area contributed by atoms with Gasteiger partial charge in [0.25, 0.3) is 0 Å². The Morgan fingerprint density at radius 2 is 2.11 bits per heavy atom. The van der Waals surface area contributed by atoms with Crippen LogP contribution in [0.2, 0.25) is 5.15 Å². The van der Waals surface area contributed by atoms with E-state index in [4.69, 9.17) is 11.6 Å². The zero-order valence-electron chi connectivity index (χ0n) is 10.6. The maximum Gasteiger partial charge on any atom is 0.134 e. The van der Waals surface area contributed by atoms with Crippen LogP contribution in [-0.2, 0) is 6.54 Å². The summed E-state index contributed by atoms with van der Waals surface area (Å²) in [6, 6.07) is 9.97. The Labute approximate surface area is 112 Å². The first-order valence-electron chi connectivity index (χ1n) is 5.97. The van der Waals surface area contributed by atoms with Gasteiger partial charge in [-0.25, -0.2) is 4.98 Å². The van der Waals surface area contributed by atoms with Gasteiger partial charge >= 0.3 is 0 Å². The number of nitrogens with zero attached hydrogens (tertiary/aromatic N) is 2. The number of hydrogen-bond acceptors (Lipinski definition) is 3. The number of likely N-dealkylation sites (N-methyl/N-ethyl adjacent to an activating group) is 1. The Morgan fingerprint density at radius 1 is 1.39 bits per heavy atom. The van der Waals surface area contributed by atoms with Crippen LogP contribution < -0.4 is 0 Å². The van der Waals surface area contributed by atoms with E-state index in [1.165, 1.54) is 0 Å². The molecule has 0 aliphatic rings. The van der Waals surface area contributed by atoms with E-state index in [0.29, 0.717) is 18.2 Å². The van der Waals surface area contributed by atoms with Gasteiger partial charge in [-0.05, 0) is 26.1 Å². The van der Waals surface area contributed by atoms with Crippen LogP contribution in [0.15, 0.2) is 30.3 Å².